The van der Waals surface area contributed by atoms with Crippen LogP contribution in [-0.2, 0) is 12.8 Å². The summed E-state index contributed by atoms with van der Waals surface area (Å²) in [6.07, 6.45) is 5.89. The smallest absolute Gasteiger partial charge is 0.131 e. The molecular weight excluding hydrogens is 236 g/mol. The Morgan fingerprint density at radius 3 is 3.11 bits per heavy atom. The third-order valence-electron chi connectivity index (χ3n) is 3.60. The Labute approximate surface area is 113 Å². The molecule has 2 aromatic rings. The van der Waals surface area contributed by atoms with E-state index in [1.807, 2.05) is 18.3 Å². The lowest BCUT2D eigenvalue weighted by molar-refractivity contribution is 0.722. The van der Waals surface area contributed by atoms with Gasteiger partial charge in [-0.1, -0.05) is 13.0 Å². The molecule has 3 rings (SSSR count). The monoisotopic (exact) mass is 254 g/mol. The molecule has 0 saturated heterocycles. The van der Waals surface area contributed by atoms with Crippen LogP contribution in [0.4, 0.5) is 5.82 Å². The van der Waals surface area contributed by atoms with Gasteiger partial charge in [0.15, 0.2) is 0 Å². The molecule has 1 unspecified atom stereocenters. The van der Waals surface area contributed by atoms with Crippen LogP contribution in [0.3, 0.4) is 0 Å². The van der Waals surface area contributed by atoms with E-state index in [1.165, 1.54) is 5.56 Å². The van der Waals surface area contributed by atoms with Gasteiger partial charge >= 0.3 is 0 Å². The van der Waals surface area contributed by atoms with Gasteiger partial charge < -0.3 is 5.73 Å². The van der Waals surface area contributed by atoms with Gasteiger partial charge in [0.2, 0.25) is 0 Å². The number of aryl methyl sites for hydroxylation is 2. The Bertz CT molecular complexity index is 594. The molecule has 0 spiro atoms. The lowest BCUT2D eigenvalue weighted by Gasteiger charge is -2.12. The number of hydrogen-bond acceptors (Lipinski definition) is 4. The summed E-state index contributed by atoms with van der Waals surface area (Å²) in [7, 11) is 0. The van der Waals surface area contributed by atoms with Crippen molar-refractivity contribution in [1.29, 1.82) is 0 Å². The van der Waals surface area contributed by atoms with Crippen LogP contribution in [0.1, 0.15) is 48.5 Å². The maximum absolute atomic E-state index is 5.91. The first-order chi connectivity index (χ1) is 9.28. The quantitative estimate of drug-likeness (QED) is 0.914. The molecule has 19 heavy (non-hydrogen) atoms. The fourth-order valence-electron chi connectivity index (χ4n) is 2.75. The van der Waals surface area contributed by atoms with Gasteiger partial charge in [-0.15, -0.1) is 0 Å². The highest BCUT2D eigenvalue weighted by Gasteiger charge is 2.26. The number of hydrogen-bond donors (Lipinski definition) is 1. The Balaban J connectivity index is 1.99. The molecule has 1 aliphatic rings. The first-order valence-corrected chi connectivity index (χ1v) is 6.85. The van der Waals surface area contributed by atoms with Crippen molar-refractivity contribution in [2.45, 2.75) is 38.5 Å². The van der Waals surface area contributed by atoms with Gasteiger partial charge in [0.25, 0.3) is 0 Å². The van der Waals surface area contributed by atoms with Crippen LogP contribution >= 0.6 is 0 Å². The highest BCUT2D eigenvalue weighted by Crippen LogP contribution is 2.35. The van der Waals surface area contributed by atoms with Crippen molar-refractivity contribution in [3.05, 3.63) is 47.2 Å². The van der Waals surface area contributed by atoms with Crippen LogP contribution in [0.25, 0.3) is 0 Å². The Hall–Kier alpha value is -1.97. The number of aromatic nitrogens is 3. The second-order valence-corrected chi connectivity index (χ2v) is 5.02. The minimum Gasteiger partial charge on any atom is -0.384 e. The summed E-state index contributed by atoms with van der Waals surface area (Å²) in [4.78, 5) is 13.5. The number of rotatable bonds is 3. The largest absolute Gasteiger partial charge is 0.384 e. The number of fused-ring (bicyclic) bond motifs is 1. The summed E-state index contributed by atoms with van der Waals surface area (Å²) in [6, 6.07) is 6.05. The molecule has 0 aliphatic heterocycles. The fourth-order valence-corrected chi connectivity index (χ4v) is 2.75. The van der Waals surface area contributed by atoms with Gasteiger partial charge in [-0.3, -0.25) is 4.98 Å². The molecule has 4 heteroatoms. The first-order valence-electron chi connectivity index (χ1n) is 6.85. The van der Waals surface area contributed by atoms with E-state index in [9.17, 15) is 0 Å². The highest BCUT2D eigenvalue weighted by molar-refractivity contribution is 5.39. The van der Waals surface area contributed by atoms with Crippen LogP contribution in [0, 0.1) is 0 Å². The molecule has 98 valence electrons. The molecule has 1 aliphatic carbocycles. The molecule has 0 aromatic carbocycles. The number of nitrogen functional groups attached to an aromatic ring is 1. The molecule has 0 bridgehead atoms. The Morgan fingerprint density at radius 1 is 1.37 bits per heavy atom. The van der Waals surface area contributed by atoms with Gasteiger partial charge in [0, 0.05) is 24.6 Å². The molecule has 2 heterocycles. The Morgan fingerprint density at radius 2 is 2.26 bits per heavy atom. The molecule has 0 amide bonds. The van der Waals surface area contributed by atoms with E-state index in [1.54, 1.807) is 0 Å². The van der Waals surface area contributed by atoms with E-state index in [2.05, 4.69) is 27.9 Å². The molecular formula is C15H18N4. The number of pyridine rings is 1. The van der Waals surface area contributed by atoms with Crippen LogP contribution in [-0.4, -0.2) is 15.0 Å². The molecule has 0 fully saturated rings. The highest BCUT2D eigenvalue weighted by atomic mass is 14.9. The molecule has 0 saturated carbocycles. The van der Waals surface area contributed by atoms with Crippen molar-refractivity contribution < 1.29 is 0 Å². The molecule has 2 aromatic heterocycles. The van der Waals surface area contributed by atoms with E-state index >= 15 is 0 Å². The predicted octanol–water partition coefficient (Wildman–Crippen LogP) is 2.48. The summed E-state index contributed by atoms with van der Waals surface area (Å²) >= 11 is 0. The predicted molar refractivity (Wildman–Crippen MR) is 74.8 cm³/mol. The minimum atomic E-state index is 0.275. The van der Waals surface area contributed by atoms with Crippen LogP contribution in [0.5, 0.6) is 0 Å². The summed E-state index contributed by atoms with van der Waals surface area (Å²) in [6.45, 7) is 2.12. The molecule has 2 N–H and O–H groups in total. The van der Waals surface area contributed by atoms with Crippen molar-refractivity contribution in [3.63, 3.8) is 0 Å². The SMILES string of the molecule is CCCc1nc(N)cc(C2CCc3cccnc32)n1. The topological polar surface area (TPSA) is 64.7 Å². The van der Waals surface area contributed by atoms with E-state index in [0.29, 0.717) is 5.82 Å². The first kappa shape index (κ1) is 12.1. The zero-order valence-corrected chi connectivity index (χ0v) is 11.1. The molecule has 1 atom stereocenters. The maximum Gasteiger partial charge on any atom is 0.131 e. The van der Waals surface area contributed by atoms with Crippen molar-refractivity contribution in [2.24, 2.45) is 0 Å². The number of nitrogens with two attached hydrogens (primary N) is 1. The second kappa shape index (κ2) is 4.96. The second-order valence-electron chi connectivity index (χ2n) is 5.02. The Kier molecular flexibility index (Phi) is 3.15. The van der Waals surface area contributed by atoms with Crippen molar-refractivity contribution in [1.82, 2.24) is 15.0 Å². The lowest BCUT2D eigenvalue weighted by atomic mass is 10.0. The average Bonchev–Trinajstić information content (AvgIpc) is 2.82. The van der Waals surface area contributed by atoms with Crippen LogP contribution in [0.2, 0.25) is 0 Å². The maximum atomic E-state index is 5.91. The van der Waals surface area contributed by atoms with Gasteiger partial charge in [0.1, 0.15) is 11.6 Å². The van der Waals surface area contributed by atoms with Gasteiger partial charge in [0.05, 0.1) is 11.4 Å². The van der Waals surface area contributed by atoms with Gasteiger partial charge in [-0.25, -0.2) is 9.97 Å². The van der Waals surface area contributed by atoms with Gasteiger partial charge in [-0.05, 0) is 30.9 Å². The molecule has 4 nitrogen and oxygen atoms in total. The fraction of sp³-hybridized carbons (Fsp3) is 0.400. The van der Waals surface area contributed by atoms with Crippen molar-refractivity contribution >= 4 is 5.82 Å². The van der Waals surface area contributed by atoms with Crippen molar-refractivity contribution in [3.8, 4) is 0 Å². The summed E-state index contributed by atoms with van der Waals surface area (Å²) < 4.78 is 0. The zero-order chi connectivity index (χ0) is 13.2. The van der Waals surface area contributed by atoms with Gasteiger partial charge in [-0.2, -0.15) is 0 Å². The van der Waals surface area contributed by atoms with E-state index in [4.69, 9.17) is 5.73 Å². The lowest BCUT2D eigenvalue weighted by Crippen LogP contribution is -2.07. The minimum absolute atomic E-state index is 0.275. The van der Waals surface area contributed by atoms with Crippen molar-refractivity contribution in [2.75, 3.05) is 5.73 Å². The normalized spacial score (nSPS) is 17.4. The van der Waals surface area contributed by atoms with E-state index in [-0.39, 0.29) is 5.92 Å². The summed E-state index contributed by atoms with van der Waals surface area (Å²) in [5, 5.41) is 0. The number of nitrogens with zero attached hydrogens (tertiary/aromatic N) is 3. The third kappa shape index (κ3) is 2.30. The molecule has 0 radical (unpaired) electrons. The zero-order valence-electron chi connectivity index (χ0n) is 11.1. The van der Waals surface area contributed by atoms with Crippen LogP contribution in [0.15, 0.2) is 24.4 Å². The van der Waals surface area contributed by atoms with Crippen LogP contribution < -0.4 is 5.73 Å². The number of anilines is 1. The average molecular weight is 254 g/mol. The summed E-state index contributed by atoms with van der Waals surface area (Å²) in [5.74, 6) is 1.69. The standard InChI is InChI=1S/C15H18N4/c1-2-4-14-18-12(9-13(16)19-14)11-7-6-10-5-3-8-17-15(10)11/h3,5,8-9,11H,2,4,6-7H2,1H3,(H2,16,18,19). The van der Waals surface area contributed by atoms with E-state index < -0.39 is 0 Å². The van der Waals surface area contributed by atoms with E-state index in [0.717, 1.165) is 42.9 Å². The third-order valence-corrected chi connectivity index (χ3v) is 3.60. The summed E-state index contributed by atoms with van der Waals surface area (Å²) in [5.41, 5.74) is 9.42.